The number of halogens is 3. The quantitative estimate of drug-likeness (QED) is 0.814. The highest BCUT2D eigenvalue weighted by Gasteiger charge is 2.35. The van der Waals surface area contributed by atoms with Crippen molar-refractivity contribution in [3.63, 3.8) is 0 Å². The number of amides is 1. The van der Waals surface area contributed by atoms with E-state index in [2.05, 4.69) is 0 Å². The molecule has 3 nitrogen and oxygen atoms in total. The lowest BCUT2D eigenvalue weighted by Crippen LogP contribution is -2.45. The second-order valence-corrected chi connectivity index (χ2v) is 6.07. The van der Waals surface area contributed by atoms with E-state index in [4.69, 9.17) is 5.73 Å². The summed E-state index contributed by atoms with van der Waals surface area (Å²) in [5.41, 5.74) is 5.41. The van der Waals surface area contributed by atoms with Gasteiger partial charge >= 0.3 is 6.18 Å². The zero-order valence-electron chi connectivity index (χ0n) is 12.2. The zero-order valence-corrected chi connectivity index (χ0v) is 12.2. The molecule has 0 aliphatic heterocycles. The molecule has 0 aliphatic carbocycles. The topological polar surface area (TPSA) is 46.3 Å². The van der Waals surface area contributed by atoms with Gasteiger partial charge in [-0.25, -0.2) is 0 Å². The van der Waals surface area contributed by atoms with E-state index in [-0.39, 0.29) is 18.5 Å². The number of hydrogen-bond acceptors (Lipinski definition) is 2. The maximum Gasteiger partial charge on any atom is 0.406 e. The van der Waals surface area contributed by atoms with Crippen molar-refractivity contribution in [2.45, 2.75) is 46.7 Å². The highest BCUT2D eigenvalue weighted by Crippen LogP contribution is 2.26. The number of nitrogens with two attached hydrogens (primary N) is 1. The van der Waals surface area contributed by atoms with Crippen LogP contribution in [0.5, 0.6) is 0 Å². The minimum Gasteiger partial charge on any atom is -0.333 e. The van der Waals surface area contributed by atoms with Crippen LogP contribution in [0.25, 0.3) is 0 Å². The molecule has 114 valence electrons. The predicted molar refractivity (Wildman–Crippen MR) is 69.5 cm³/mol. The summed E-state index contributed by atoms with van der Waals surface area (Å²) in [6.07, 6.45) is -3.39. The SMILES string of the molecule is CCCN(CC(F)(F)F)C(=O)C(CN)CC(C)(C)C. The molecule has 19 heavy (non-hydrogen) atoms. The molecule has 0 bridgehead atoms. The van der Waals surface area contributed by atoms with E-state index in [1.807, 2.05) is 20.8 Å². The highest BCUT2D eigenvalue weighted by molar-refractivity contribution is 5.79. The predicted octanol–water partition coefficient (Wildman–Crippen LogP) is 2.80. The van der Waals surface area contributed by atoms with Gasteiger partial charge in [0.2, 0.25) is 5.91 Å². The lowest BCUT2D eigenvalue weighted by atomic mass is 9.84. The summed E-state index contributed by atoms with van der Waals surface area (Å²) in [5.74, 6) is -1.04. The first-order chi connectivity index (χ1) is 8.50. The Morgan fingerprint density at radius 2 is 1.79 bits per heavy atom. The average molecular weight is 282 g/mol. The van der Waals surface area contributed by atoms with E-state index in [1.54, 1.807) is 6.92 Å². The Morgan fingerprint density at radius 1 is 1.26 bits per heavy atom. The fraction of sp³-hybridized carbons (Fsp3) is 0.923. The molecule has 0 saturated heterocycles. The van der Waals surface area contributed by atoms with Crippen LogP contribution in [0.2, 0.25) is 0 Å². The van der Waals surface area contributed by atoms with Crippen LogP contribution in [0.15, 0.2) is 0 Å². The summed E-state index contributed by atoms with van der Waals surface area (Å²) >= 11 is 0. The summed E-state index contributed by atoms with van der Waals surface area (Å²) in [4.78, 5) is 13.0. The maximum absolute atomic E-state index is 12.5. The van der Waals surface area contributed by atoms with Crippen molar-refractivity contribution in [3.05, 3.63) is 0 Å². The van der Waals surface area contributed by atoms with Crippen molar-refractivity contribution in [2.75, 3.05) is 19.6 Å². The summed E-state index contributed by atoms with van der Waals surface area (Å²) in [7, 11) is 0. The number of nitrogens with zero attached hydrogens (tertiary/aromatic N) is 1. The van der Waals surface area contributed by atoms with Gasteiger partial charge in [0.1, 0.15) is 6.54 Å². The van der Waals surface area contributed by atoms with Gasteiger partial charge in [0.15, 0.2) is 0 Å². The van der Waals surface area contributed by atoms with Crippen molar-refractivity contribution in [3.8, 4) is 0 Å². The number of carbonyl (C=O) groups is 1. The second kappa shape index (κ2) is 7.12. The minimum absolute atomic E-state index is 0.0776. The average Bonchev–Trinajstić information content (AvgIpc) is 2.21. The highest BCUT2D eigenvalue weighted by atomic mass is 19.4. The third kappa shape index (κ3) is 8.08. The number of carbonyl (C=O) groups excluding carboxylic acids is 1. The van der Waals surface area contributed by atoms with E-state index in [0.717, 1.165) is 4.90 Å². The summed E-state index contributed by atoms with van der Waals surface area (Å²) in [5, 5.41) is 0. The lowest BCUT2D eigenvalue weighted by molar-refractivity contribution is -0.164. The van der Waals surface area contributed by atoms with E-state index >= 15 is 0 Å². The van der Waals surface area contributed by atoms with Gasteiger partial charge in [-0.05, 0) is 18.3 Å². The molecule has 0 saturated carbocycles. The molecule has 0 rings (SSSR count). The molecule has 0 heterocycles. The molecule has 0 aromatic rings. The van der Waals surface area contributed by atoms with Crippen molar-refractivity contribution in [1.82, 2.24) is 4.90 Å². The summed E-state index contributed by atoms with van der Waals surface area (Å²) < 4.78 is 37.4. The van der Waals surface area contributed by atoms with E-state index in [1.165, 1.54) is 0 Å². The van der Waals surface area contributed by atoms with Gasteiger partial charge in [-0.2, -0.15) is 13.2 Å². The fourth-order valence-electron chi connectivity index (χ4n) is 2.02. The number of hydrogen-bond donors (Lipinski definition) is 1. The molecule has 0 radical (unpaired) electrons. The Labute approximate surface area is 113 Å². The Morgan fingerprint density at radius 3 is 2.11 bits per heavy atom. The van der Waals surface area contributed by atoms with Gasteiger partial charge in [0.05, 0.1) is 5.92 Å². The van der Waals surface area contributed by atoms with Crippen LogP contribution in [-0.2, 0) is 4.79 Å². The van der Waals surface area contributed by atoms with E-state index < -0.39 is 24.5 Å². The zero-order chi connectivity index (χ0) is 15.3. The Bertz CT molecular complexity index is 285. The Kier molecular flexibility index (Phi) is 6.83. The largest absolute Gasteiger partial charge is 0.406 e. The summed E-state index contributed by atoms with van der Waals surface area (Å²) in [6.45, 7) is 6.57. The molecule has 0 aromatic carbocycles. The van der Waals surface area contributed by atoms with Crippen molar-refractivity contribution >= 4 is 5.91 Å². The molecule has 1 unspecified atom stereocenters. The molecule has 2 N–H and O–H groups in total. The van der Waals surface area contributed by atoms with Gasteiger partial charge in [0.25, 0.3) is 0 Å². The second-order valence-electron chi connectivity index (χ2n) is 6.07. The van der Waals surface area contributed by atoms with E-state index in [0.29, 0.717) is 12.8 Å². The first kappa shape index (κ1) is 18.2. The van der Waals surface area contributed by atoms with Crippen LogP contribution in [0.3, 0.4) is 0 Å². The van der Waals surface area contributed by atoms with E-state index in [9.17, 15) is 18.0 Å². The molecule has 0 spiro atoms. The first-order valence-electron chi connectivity index (χ1n) is 6.55. The van der Waals surface area contributed by atoms with Gasteiger partial charge < -0.3 is 10.6 Å². The van der Waals surface area contributed by atoms with Gasteiger partial charge in [0, 0.05) is 13.1 Å². The van der Waals surface area contributed by atoms with Crippen LogP contribution >= 0.6 is 0 Å². The monoisotopic (exact) mass is 282 g/mol. The molecular weight excluding hydrogens is 257 g/mol. The minimum atomic E-state index is -4.37. The molecule has 6 heteroatoms. The Hall–Kier alpha value is -0.780. The fourth-order valence-corrected chi connectivity index (χ4v) is 2.02. The van der Waals surface area contributed by atoms with Crippen LogP contribution < -0.4 is 5.73 Å². The summed E-state index contributed by atoms with van der Waals surface area (Å²) in [6, 6.07) is 0. The smallest absolute Gasteiger partial charge is 0.333 e. The van der Waals surface area contributed by atoms with Crippen LogP contribution in [0.4, 0.5) is 13.2 Å². The van der Waals surface area contributed by atoms with Gasteiger partial charge in [-0.1, -0.05) is 27.7 Å². The molecule has 1 atom stereocenters. The number of rotatable bonds is 6. The van der Waals surface area contributed by atoms with Gasteiger partial charge in [-0.3, -0.25) is 4.79 Å². The lowest BCUT2D eigenvalue weighted by Gasteiger charge is -2.30. The Balaban J connectivity index is 4.84. The molecule has 0 fully saturated rings. The maximum atomic E-state index is 12.5. The van der Waals surface area contributed by atoms with Crippen molar-refractivity contribution in [2.24, 2.45) is 17.1 Å². The van der Waals surface area contributed by atoms with Crippen LogP contribution in [0, 0.1) is 11.3 Å². The van der Waals surface area contributed by atoms with Gasteiger partial charge in [-0.15, -0.1) is 0 Å². The third-order valence-electron chi connectivity index (χ3n) is 2.67. The van der Waals surface area contributed by atoms with Crippen molar-refractivity contribution < 1.29 is 18.0 Å². The molecule has 0 aromatic heterocycles. The normalized spacial score (nSPS) is 14.3. The molecule has 1 amide bonds. The first-order valence-corrected chi connectivity index (χ1v) is 6.55. The standard InChI is InChI=1S/C13H25F3N2O/c1-5-6-18(9-13(14,15)16)11(19)10(8-17)7-12(2,3)4/h10H,5-9,17H2,1-4H3. The molecule has 0 aliphatic rings. The van der Waals surface area contributed by atoms with Crippen molar-refractivity contribution in [1.29, 1.82) is 0 Å². The third-order valence-corrected chi connectivity index (χ3v) is 2.67. The van der Waals surface area contributed by atoms with Crippen LogP contribution in [-0.4, -0.2) is 36.6 Å². The molecular formula is C13H25F3N2O. The van der Waals surface area contributed by atoms with Crippen LogP contribution in [0.1, 0.15) is 40.5 Å². The number of alkyl halides is 3.